The van der Waals surface area contributed by atoms with E-state index in [0.29, 0.717) is 16.5 Å². The second kappa shape index (κ2) is 7.71. The Morgan fingerprint density at radius 2 is 2.00 bits per heavy atom. The highest BCUT2D eigenvalue weighted by atomic mass is 35.5. The van der Waals surface area contributed by atoms with Crippen LogP contribution in [0.3, 0.4) is 0 Å². The van der Waals surface area contributed by atoms with E-state index in [-0.39, 0.29) is 25.5 Å². The molecule has 8 nitrogen and oxygen atoms in total. The molecule has 3 rings (SSSR count). The Balaban J connectivity index is 1.40. The van der Waals surface area contributed by atoms with Crippen LogP contribution in [0.4, 0.5) is 4.79 Å². The Kier molecular flexibility index (Phi) is 5.20. The molecule has 0 aromatic carbocycles. The zero-order valence-corrected chi connectivity index (χ0v) is 13.9. The molecule has 3 aromatic heterocycles. The van der Waals surface area contributed by atoms with Crippen LogP contribution < -0.4 is 16.0 Å². The largest absolute Gasteiger partial charge is 0.467 e. The first kappa shape index (κ1) is 16.8. The van der Waals surface area contributed by atoms with Crippen molar-refractivity contribution in [2.24, 2.45) is 0 Å². The van der Waals surface area contributed by atoms with Crippen LogP contribution in [0.15, 0.2) is 47.3 Å². The summed E-state index contributed by atoms with van der Waals surface area (Å²) < 4.78 is 6.87. The summed E-state index contributed by atoms with van der Waals surface area (Å²) in [7, 11) is 0. The van der Waals surface area contributed by atoms with Crippen molar-refractivity contribution in [1.82, 2.24) is 25.3 Å². The van der Waals surface area contributed by atoms with Gasteiger partial charge < -0.3 is 24.8 Å². The lowest BCUT2D eigenvalue weighted by Gasteiger charge is -2.06. The zero-order valence-electron chi connectivity index (χ0n) is 13.2. The summed E-state index contributed by atoms with van der Waals surface area (Å²) in [6.07, 6.45) is 5.04. The highest BCUT2D eigenvalue weighted by molar-refractivity contribution is 6.30. The van der Waals surface area contributed by atoms with Crippen molar-refractivity contribution in [3.63, 3.8) is 0 Å². The van der Waals surface area contributed by atoms with E-state index >= 15 is 0 Å². The van der Waals surface area contributed by atoms with E-state index in [4.69, 9.17) is 16.0 Å². The Morgan fingerprint density at radius 3 is 2.80 bits per heavy atom. The van der Waals surface area contributed by atoms with Crippen LogP contribution in [-0.4, -0.2) is 27.9 Å². The first-order valence-corrected chi connectivity index (χ1v) is 7.92. The molecule has 0 saturated heterocycles. The molecular weight excluding hydrogens is 346 g/mol. The summed E-state index contributed by atoms with van der Waals surface area (Å²) in [5.41, 5.74) is 1.42. The van der Waals surface area contributed by atoms with Gasteiger partial charge in [-0.05, 0) is 24.3 Å². The third-order valence-corrected chi connectivity index (χ3v) is 3.57. The standard InChI is InChI=1S/C16H16ClN5O3/c17-11-3-4-14-21-12(10-22(14)9-11)6-19-16(24)20-8-15(23)18-7-13-2-1-5-25-13/h1-5,9-10H,6-8H2,(H,18,23)(H2,19,20,24). The van der Waals surface area contributed by atoms with Crippen LogP contribution in [-0.2, 0) is 17.9 Å². The summed E-state index contributed by atoms with van der Waals surface area (Å²) in [4.78, 5) is 27.7. The van der Waals surface area contributed by atoms with Crippen molar-refractivity contribution < 1.29 is 14.0 Å². The topological polar surface area (TPSA) is 101 Å². The molecule has 0 aliphatic rings. The number of urea groups is 1. The fourth-order valence-electron chi connectivity index (χ4n) is 2.16. The van der Waals surface area contributed by atoms with E-state index in [2.05, 4.69) is 20.9 Å². The molecule has 0 aliphatic heterocycles. The average molecular weight is 362 g/mol. The quantitative estimate of drug-likeness (QED) is 0.622. The number of carbonyl (C=O) groups excluding carboxylic acids is 2. The van der Waals surface area contributed by atoms with Crippen LogP contribution >= 0.6 is 11.6 Å². The second-order valence-corrected chi connectivity index (χ2v) is 5.67. The first-order valence-electron chi connectivity index (χ1n) is 7.54. The van der Waals surface area contributed by atoms with Gasteiger partial charge in [-0.2, -0.15) is 0 Å². The van der Waals surface area contributed by atoms with Crippen molar-refractivity contribution >= 4 is 29.2 Å². The minimum absolute atomic E-state index is 0.132. The summed E-state index contributed by atoms with van der Waals surface area (Å²) in [5.74, 6) is 0.332. The highest BCUT2D eigenvalue weighted by Gasteiger charge is 2.07. The van der Waals surface area contributed by atoms with Crippen LogP contribution in [0.1, 0.15) is 11.5 Å². The molecular formula is C16H16ClN5O3. The lowest BCUT2D eigenvalue weighted by atomic mass is 10.4. The lowest BCUT2D eigenvalue weighted by Crippen LogP contribution is -2.41. The van der Waals surface area contributed by atoms with E-state index in [0.717, 1.165) is 5.65 Å². The number of imidazole rings is 1. The maximum atomic E-state index is 11.7. The zero-order chi connectivity index (χ0) is 17.6. The molecule has 0 spiro atoms. The molecule has 0 unspecified atom stereocenters. The summed E-state index contributed by atoms with van der Waals surface area (Å²) in [6, 6.07) is 6.57. The van der Waals surface area contributed by atoms with Crippen LogP contribution in [0.2, 0.25) is 5.02 Å². The molecule has 3 N–H and O–H groups in total. The first-order chi connectivity index (χ1) is 12.1. The number of aromatic nitrogens is 2. The monoisotopic (exact) mass is 361 g/mol. The molecule has 0 fully saturated rings. The maximum Gasteiger partial charge on any atom is 0.315 e. The van der Waals surface area contributed by atoms with Gasteiger partial charge in [-0.25, -0.2) is 9.78 Å². The number of rotatable bonds is 6. The number of fused-ring (bicyclic) bond motifs is 1. The second-order valence-electron chi connectivity index (χ2n) is 5.24. The molecule has 0 bridgehead atoms. The Bertz CT molecular complexity index is 875. The normalized spacial score (nSPS) is 10.6. The number of hydrogen-bond donors (Lipinski definition) is 3. The Labute approximate surface area is 148 Å². The highest BCUT2D eigenvalue weighted by Crippen LogP contribution is 2.11. The third kappa shape index (κ3) is 4.74. The predicted molar refractivity (Wildman–Crippen MR) is 91.0 cm³/mol. The number of furan rings is 1. The SMILES string of the molecule is O=C(CNC(=O)NCc1cn2cc(Cl)ccc2n1)NCc1ccco1. The number of pyridine rings is 1. The number of halogens is 1. The van der Waals surface area contributed by atoms with Crippen molar-refractivity contribution in [3.8, 4) is 0 Å². The van der Waals surface area contributed by atoms with Crippen LogP contribution in [0, 0.1) is 0 Å². The van der Waals surface area contributed by atoms with Gasteiger partial charge in [0.1, 0.15) is 11.4 Å². The van der Waals surface area contributed by atoms with E-state index in [1.807, 2.05) is 0 Å². The molecule has 3 heterocycles. The minimum atomic E-state index is -0.455. The Hall–Kier alpha value is -3.00. The molecule has 0 saturated carbocycles. The molecule has 130 valence electrons. The van der Waals surface area contributed by atoms with Gasteiger partial charge in [-0.15, -0.1) is 0 Å². The van der Waals surface area contributed by atoms with Gasteiger partial charge in [0.2, 0.25) is 5.91 Å². The number of hydrogen-bond acceptors (Lipinski definition) is 4. The predicted octanol–water partition coefficient (Wildman–Crippen LogP) is 1.70. The van der Waals surface area contributed by atoms with Gasteiger partial charge in [0, 0.05) is 12.4 Å². The van der Waals surface area contributed by atoms with Crippen molar-refractivity contribution in [2.75, 3.05) is 6.54 Å². The maximum absolute atomic E-state index is 11.7. The van der Waals surface area contributed by atoms with Crippen LogP contribution in [0.25, 0.3) is 5.65 Å². The fraction of sp³-hybridized carbons (Fsp3) is 0.188. The molecule has 0 aliphatic carbocycles. The van der Waals surface area contributed by atoms with E-state index in [1.165, 1.54) is 6.26 Å². The average Bonchev–Trinajstić information content (AvgIpc) is 3.25. The van der Waals surface area contributed by atoms with E-state index in [9.17, 15) is 9.59 Å². The van der Waals surface area contributed by atoms with Gasteiger partial charge in [0.25, 0.3) is 0 Å². The molecule has 0 atom stereocenters. The summed E-state index contributed by atoms with van der Waals surface area (Å²) in [5, 5.41) is 8.35. The molecule has 3 amide bonds. The fourth-order valence-corrected chi connectivity index (χ4v) is 2.33. The molecule has 0 radical (unpaired) electrons. The van der Waals surface area contributed by atoms with E-state index < -0.39 is 6.03 Å². The minimum Gasteiger partial charge on any atom is -0.467 e. The third-order valence-electron chi connectivity index (χ3n) is 3.34. The number of carbonyl (C=O) groups is 2. The van der Waals surface area contributed by atoms with Gasteiger partial charge in [0.05, 0.1) is 36.6 Å². The number of amides is 3. The summed E-state index contributed by atoms with van der Waals surface area (Å²) in [6.45, 7) is 0.380. The molecule has 25 heavy (non-hydrogen) atoms. The van der Waals surface area contributed by atoms with Gasteiger partial charge >= 0.3 is 6.03 Å². The summed E-state index contributed by atoms with van der Waals surface area (Å²) >= 11 is 5.91. The molecule has 3 aromatic rings. The number of nitrogens with one attached hydrogen (secondary N) is 3. The van der Waals surface area contributed by atoms with Gasteiger partial charge in [0.15, 0.2) is 0 Å². The van der Waals surface area contributed by atoms with Gasteiger partial charge in [-0.3, -0.25) is 4.79 Å². The smallest absolute Gasteiger partial charge is 0.315 e. The van der Waals surface area contributed by atoms with E-state index in [1.54, 1.807) is 41.1 Å². The Morgan fingerprint density at radius 1 is 1.12 bits per heavy atom. The van der Waals surface area contributed by atoms with Crippen molar-refractivity contribution in [1.29, 1.82) is 0 Å². The van der Waals surface area contributed by atoms with Crippen molar-refractivity contribution in [2.45, 2.75) is 13.1 Å². The molecule has 9 heteroatoms. The lowest BCUT2D eigenvalue weighted by molar-refractivity contribution is -0.120. The number of nitrogens with zero attached hydrogens (tertiary/aromatic N) is 2. The van der Waals surface area contributed by atoms with Gasteiger partial charge in [-0.1, -0.05) is 11.6 Å². The van der Waals surface area contributed by atoms with Crippen molar-refractivity contribution in [3.05, 3.63) is 59.4 Å². The van der Waals surface area contributed by atoms with Crippen LogP contribution in [0.5, 0.6) is 0 Å².